The van der Waals surface area contributed by atoms with E-state index < -0.39 is 12.1 Å². The number of rotatable bonds is 8. The number of unbranched alkanes of at least 4 members (excludes halogenated alkanes) is 1. The van der Waals surface area contributed by atoms with Crippen molar-refractivity contribution in [2.24, 2.45) is 5.41 Å². The number of ether oxygens (including phenoxy) is 1. The number of alkyl carbamates (subject to hydrolysis) is 1. The highest BCUT2D eigenvalue weighted by atomic mass is 16.5. The van der Waals surface area contributed by atoms with E-state index in [1.54, 1.807) is 29.0 Å². The molecule has 0 aromatic heterocycles. The van der Waals surface area contributed by atoms with Crippen LogP contribution < -0.4 is 5.32 Å². The molecule has 3 rings (SSSR count). The van der Waals surface area contributed by atoms with Crippen LogP contribution in [0.1, 0.15) is 56.0 Å². The number of nitrogens with one attached hydrogen (secondary N) is 1. The van der Waals surface area contributed by atoms with Gasteiger partial charge in [0.05, 0.1) is 0 Å². The lowest BCUT2D eigenvalue weighted by Crippen LogP contribution is -2.50. The number of nitrogens with zero attached hydrogens (tertiary/aromatic N) is 2. The van der Waals surface area contributed by atoms with Gasteiger partial charge in [-0.25, -0.2) is 4.79 Å². The Morgan fingerprint density at radius 1 is 0.971 bits per heavy atom. The maximum atomic E-state index is 13.4. The fourth-order valence-corrected chi connectivity index (χ4v) is 4.50. The molecular formula is C27H35N3O4. The second-order valence-electron chi connectivity index (χ2n) is 9.77. The van der Waals surface area contributed by atoms with Crippen LogP contribution in [0, 0.1) is 5.41 Å². The molecule has 0 bridgehead atoms. The van der Waals surface area contributed by atoms with Gasteiger partial charge in [0.2, 0.25) is 5.91 Å². The number of hydrogen-bond donors (Lipinski definition) is 1. The maximum Gasteiger partial charge on any atom is 0.407 e. The van der Waals surface area contributed by atoms with Gasteiger partial charge in [-0.05, 0) is 37.0 Å². The Kier molecular flexibility index (Phi) is 8.31. The number of carbonyl (C=O) groups excluding carboxylic acids is 3. The standard InChI is InChI=1S/C27H35N3O4/c1-27(2,3)25-29(4)24(32)22(30(25)23(31)21-15-9-6-10-16-21)17-11-12-18-28-26(33)34-19-20-13-7-5-8-14-20/h5-10,13-16,22,25H,11-12,17-19H2,1-4H3,(H,28,33)/t22-,25-/m0/s1. The van der Waals surface area contributed by atoms with Gasteiger partial charge in [0, 0.05) is 24.6 Å². The minimum Gasteiger partial charge on any atom is -0.445 e. The summed E-state index contributed by atoms with van der Waals surface area (Å²) in [6, 6.07) is 18.1. The van der Waals surface area contributed by atoms with Gasteiger partial charge in [-0.1, -0.05) is 69.3 Å². The molecule has 7 nitrogen and oxygen atoms in total. The van der Waals surface area contributed by atoms with E-state index in [1.807, 2.05) is 69.3 Å². The van der Waals surface area contributed by atoms with Crippen LogP contribution in [-0.4, -0.2) is 53.5 Å². The average molecular weight is 466 g/mol. The molecule has 1 aliphatic rings. The summed E-state index contributed by atoms with van der Waals surface area (Å²) in [4.78, 5) is 42.0. The first-order valence-electron chi connectivity index (χ1n) is 11.8. The summed E-state index contributed by atoms with van der Waals surface area (Å²) in [5.41, 5.74) is 1.21. The zero-order valence-corrected chi connectivity index (χ0v) is 20.5. The highest BCUT2D eigenvalue weighted by Gasteiger charge is 2.50. The fourth-order valence-electron chi connectivity index (χ4n) is 4.50. The molecule has 1 N–H and O–H groups in total. The van der Waals surface area contributed by atoms with E-state index in [0.717, 1.165) is 5.56 Å². The van der Waals surface area contributed by atoms with Crippen molar-refractivity contribution in [1.29, 1.82) is 0 Å². The van der Waals surface area contributed by atoms with Crippen molar-refractivity contribution in [1.82, 2.24) is 15.1 Å². The average Bonchev–Trinajstić information content (AvgIpc) is 3.08. The van der Waals surface area contributed by atoms with Gasteiger partial charge >= 0.3 is 6.09 Å². The van der Waals surface area contributed by atoms with Crippen molar-refractivity contribution in [3.63, 3.8) is 0 Å². The summed E-state index contributed by atoms with van der Waals surface area (Å²) < 4.78 is 5.22. The predicted molar refractivity (Wildman–Crippen MR) is 131 cm³/mol. The summed E-state index contributed by atoms with van der Waals surface area (Å²) in [5.74, 6) is -0.176. The molecular weight excluding hydrogens is 430 g/mol. The van der Waals surface area contributed by atoms with E-state index in [0.29, 0.717) is 31.4 Å². The lowest BCUT2D eigenvalue weighted by atomic mass is 9.90. The van der Waals surface area contributed by atoms with Crippen molar-refractivity contribution in [3.05, 3.63) is 71.8 Å². The van der Waals surface area contributed by atoms with Crippen molar-refractivity contribution < 1.29 is 19.1 Å². The third kappa shape index (κ3) is 6.16. The smallest absolute Gasteiger partial charge is 0.407 e. The number of likely N-dealkylation sites (N-methyl/N-ethyl adjacent to an activating group) is 1. The van der Waals surface area contributed by atoms with Gasteiger partial charge in [-0.15, -0.1) is 0 Å². The molecule has 1 aliphatic heterocycles. The molecule has 1 heterocycles. The summed E-state index contributed by atoms with van der Waals surface area (Å²) in [7, 11) is 1.77. The van der Waals surface area contributed by atoms with Crippen LogP contribution in [0.2, 0.25) is 0 Å². The van der Waals surface area contributed by atoms with Crippen LogP contribution in [0.25, 0.3) is 0 Å². The summed E-state index contributed by atoms with van der Waals surface area (Å²) in [6.07, 6.45) is 1.12. The number of hydrogen-bond acceptors (Lipinski definition) is 4. The van der Waals surface area contributed by atoms with E-state index in [2.05, 4.69) is 5.32 Å². The Morgan fingerprint density at radius 2 is 1.59 bits per heavy atom. The van der Waals surface area contributed by atoms with Crippen LogP contribution in [0.5, 0.6) is 0 Å². The topological polar surface area (TPSA) is 79.0 Å². The molecule has 1 fully saturated rings. The number of benzene rings is 2. The molecule has 34 heavy (non-hydrogen) atoms. The Morgan fingerprint density at radius 3 is 2.21 bits per heavy atom. The third-order valence-electron chi connectivity index (χ3n) is 6.02. The van der Waals surface area contributed by atoms with Crippen molar-refractivity contribution in [2.75, 3.05) is 13.6 Å². The van der Waals surface area contributed by atoms with Gasteiger partial charge in [0.25, 0.3) is 5.91 Å². The van der Waals surface area contributed by atoms with E-state index in [-0.39, 0.29) is 30.0 Å². The molecule has 7 heteroatoms. The lowest BCUT2D eigenvalue weighted by molar-refractivity contribution is -0.129. The molecule has 2 aromatic rings. The summed E-state index contributed by atoms with van der Waals surface area (Å²) >= 11 is 0. The molecule has 0 aliphatic carbocycles. The van der Waals surface area contributed by atoms with Crippen LogP contribution in [0.15, 0.2) is 60.7 Å². The van der Waals surface area contributed by atoms with Crippen LogP contribution in [0.3, 0.4) is 0 Å². The highest BCUT2D eigenvalue weighted by molar-refractivity contribution is 5.99. The molecule has 2 aromatic carbocycles. The third-order valence-corrected chi connectivity index (χ3v) is 6.02. The minimum atomic E-state index is -0.521. The van der Waals surface area contributed by atoms with Crippen LogP contribution in [0.4, 0.5) is 4.79 Å². The summed E-state index contributed by atoms with van der Waals surface area (Å²) in [5, 5.41) is 2.75. The molecule has 3 amide bonds. The van der Waals surface area contributed by atoms with E-state index >= 15 is 0 Å². The van der Waals surface area contributed by atoms with Crippen molar-refractivity contribution >= 4 is 17.9 Å². The largest absolute Gasteiger partial charge is 0.445 e. The molecule has 0 unspecified atom stereocenters. The summed E-state index contributed by atoms with van der Waals surface area (Å²) in [6.45, 7) is 6.79. The normalized spacial score (nSPS) is 18.2. The van der Waals surface area contributed by atoms with Crippen LogP contribution >= 0.6 is 0 Å². The van der Waals surface area contributed by atoms with E-state index in [9.17, 15) is 14.4 Å². The zero-order chi connectivity index (χ0) is 24.7. The van der Waals surface area contributed by atoms with Gasteiger partial charge in [0.15, 0.2) is 0 Å². The highest BCUT2D eigenvalue weighted by Crippen LogP contribution is 2.36. The predicted octanol–water partition coefficient (Wildman–Crippen LogP) is 4.44. The number of carbonyl (C=O) groups is 3. The molecule has 0 saturated carbocycles. The second kappa shape index (κ2) is 11.2. The fraction of sp³-hybridized carbons (Fsp3) is 0.444. The van der Waals surface area contributed by atoms with E-state index in [4.69, 9.17) is 4.74 Å². The molecule has 1 saturated heterocycles. The van der Waals surface area contributed by atoms with Crippen molar-refractivity contribution in [3.8, 4) is 0 Å². The van der Waals surface area contributed by atoms with Gasteiger partial charge in [0.1, 0.15) is 18.8 Å². The quantitative estimate of drug-likeness (QED) is 0.585. The van der Waals surface area contributed by atoms with Crippen LogP contribution in [-0.2, 0) is 16.1 Å². The lowest BCUT2D eigenvalue weighted by Gasteiger charge is -2.39. The SMILES string of the molecule is CN1C(=O)[C@H](CCCCNC(=O)OCc2ccccc2)N(C(=O)c2ccccc2)[C@H]1C(C)(C)C. The monoisotopic (exact) mass is 465 g/mol. The van der Waals surface area contributed by atoms with Crippen molar-refractivity contribution in [2.45, 2.75) is 58.8 Å². The Labute approximate surface area is 202 Å². The van der Waals surface area contributed by atoms with Gasteiger partial charge in [-0.3, -0.25) is 9.59 Å². The Hall–Kier alpha value is -3.35. The number of amides is 3. The van der Waals surface area contributed by atoms with E-state index in [1.165, 1.54) is 0 Å². The molecule has 182 valence electrons. The first kappa shape index (κ1) is 25.3. The Bertz CT molecular complexity index is 972. The zero-order valence-electron chi connectivity index (χ0n) is 20.5. The first-order chi connectivity index (χ1) is 16.2. The van der Waals surface area contributed by atoms with Gasteiger partial charge in [-0.2, -0.15) is 0 Å². The first-order valence-corrected chi connectivity index (χ1v) is 11.8. The molecule has 2 atom stereocenters. The molecule has 0 radical (unpaired) electrons. The minimum absolute atomic E-state index is 0.0422. The maximum absolute atomic E-state index is 13.4. The second-order valence-corrected chi connectivity index (χ2v) is 9.77. The Balaban J connectivity index is 1.55. The van der Waals surface area contributed by atoms with Gasteiger partial charge < -0.3 is 19.9 Å². The molecule has 0 spiro atoms.